The lowest BCUT2D eigenvalue weighted by Crippen LogP contribution is -2.52. The standard InChI is InChI=1S/C15H28O3Si2/c1-19(2,14-8-12-17-13-11-16)18-20(3,4)15-9-6-5-7-10-15/h5-7,9-10,16H,8,11-14H2,1-4H3. The Hall–Kier alpha value is -0.466. The first-order valence-electron chi connectivity index (χ1n) is 7.32. The minimum atomic E-state index is -1.81. The highest BCUT2D eigenvalue weighted by Gasteiger charge is 2.33. The molecular formula is C15H28O3Si2. The van der Waals surface area contributed by atoms with Crippen molar-refractivity contribution in [3.63, 3.8) is 0 Å². The molecule has 1 rings (SSSR count). The first kappa shape index (κ1) is 17.6. The van der Waals surface area contributed by atoms with E-state index in [1.54, 1.807) is 0 Å². The van der Waals surface area contributed by atoms with Gasteiger partial charge in [-0.25, -0.2) is 0 Å². The fraction of sp³-hybridized carbons (Fsp3) is 0.600. The van der Waals surface area contributed by atoms with Gasteiger partial charge in [0.05, 0.1) is 13.2 Å². The van der Waals surface area contributed by atoms with Crippen LogP contribution in [0.5, 0.6) is 0 Å². The summed E-state index contributed by atoms with van der Waals surface area (Å²) in [6.45, 7) is 10.4. The van der Waals surface area contributed by atoms with Crippen molar-refractivity contribution in [1.29, 1.82) is 0 Å². The van der Waals surface area contributed by atoms with Gasteiger partial charge in [-0.1, -0.05) is 30.3 Å². The van der Waals surface area contributed by atoms with Gasteiger partial charge in [0.15, 0.2) is 8.32 Å². The molecular weight excluding hydrogens is 284 g/mol. The summed E-state index contributed by atoms with van der Waals surface area (Å²) < 4.78 is 11.9. The van der Waals surface area contributed by atoms with Gasteiger partial charge in [-0.15, -0.1) is 0 Å². The second-order valence-corrected chi connectivity index (χ2v) is 14.6. The number of aliphatic hydroxyl groups excluding tert-OH is 1. The largest absolute Gasteiger partial charge is 0.452 e. The molecule has 0 aliphatic carbocycles. The third kappa shape index (κ3) is 6.32. The van der Waals surface area contributed by atoms with Crippen LogP contribution in [0.3, 0.4) is 0 Å². The van der Waals surface area contributed by atoms with Gasteiger partial charge in [-0.2, -0.15) is 0 Å². The van der Waals surface area contributed by atoms with Crippen LogP contribution in [0.25, 0.3) is 0 Å². The predicted octanol–water partition coefficient (Wildman–Crippen LogP) is 2.72. The molecule has 0 unspecified atom stereocenters. The maximum Gasteiger partial charge on any atom is 0.205 e. The summed E-state index contributed by atoms with van der Waals surface area (Å²) in [5.74, 6) is 0. The van der Waals surface area contributed by atoms with Gasteiger partial charge in [0.25, 0.3) is 0 Å². The van der Waals surface area contributed by atoms with Crippen molar-refractivity contribution in [2.75, 3.05) is 19.8 Å². The first-order valence-corrected chi connectivity index (χ1v) is 13.3. The second-order valence-electron chi connectivity index (χ2n) is 6.18. The number of hydrogen-bond donors (Lipinski definition) is 1. The molecule has 1 aromatic carbocycles. The lowest BCUT2D eigenvalue weighted by atomic mass is 10.4. The summed E-state index contributed by atoms with van der Waals surface area (Å²) >= 11 is 0. The summed E-state index contributed by atoms with van der Waals surface area (Å²) in [6.07, 6.45) is 1.01. The van der Waals surface area contributed by atoms with Crippen molar-refractivity contribution in [3.05, 3.63) is 30.3 Å². The van der Waals surface area contributed by atoms with Gasteiger partial charge in [0.2, 0.25) is 8.32 Å². The Balaban J connectivity index is 2.48. The third-order valence-corrected chi connectivity index (χ3v) is 10.8. The average Bonchev–Trinajstić information content (AvgIpc) is 2.38. The van der Waals surface area contributed by atoms with Gasteiger partial charge in [-0.05, 0) is 43.8 Å². The van der Waals surface area contributed by atoms with Gasteiger partial charge in [-0.3, -0.25) is 0 Å². The van der Waals surface area contributed by atoms with E-state index >= 15 is 0 Å². The highest BCUT2D eigenvalue weighted by molar-refractivity contribution is 6.92. The van der Waals surface area contributed by atoms with Crippen LogP contribution in [-0.4, -0.2) is 41.6 Å². The molecule has 0 aromatic heterocycles. The van der Waals surface area contributed by atoms with E-state index in [1.165, 1.54) is 5.19 Å². The Morgan fingerprint density at radius 2 is 1.65 bits per heavy atom. The van der Waals surface area contributed by atoms with E-state index in [0.717, 1.165) is 12.5 Å². The van der Waals surface area contributed by atoms with Crippen molar-refractivity contribution in [2.24, 2.45) is 0 Å². The molecule has 114 valence electrons. The topological polar surface area (TPSA) is 38.7 Å². The zero-order valence-electron chi connectivity index (χ0n) is 13.2. The molecule has 20 heavy (non-hydrogen) atoms. The van der Waals surface area contributed by atoms with Crippen LogP contribution in [0.2, 0.25) is 32.2 Å². The molecule has 5 heteroatoms. The number of ether oxygens (including phenoxy) is 1. The molecule has 0 saturated carbocycles. The molecule has 1 aromatic rings. The molecule has 0 heterocycles. The first-order chi connectivity index (χ1) is 9.37. The lowest BCUT2D eigenvalue weighted by molar-refractivity contribution is 0.0924. The van der Waals surface area contributed by atoms with Gasteiger partial charge in [0.1, 0.15) is 0 Å². The van der Waals surface area contributed by atoms with Crippen molar-refractivity contribution in [2.45, 2.75) is 38.7 Å². The van der Waals surface area contributed by atoms with Gasteiger partial charge >= 0.3 is 0 Å². The number of rotatable bonds is 9. The third-order valence-electron chi connectivity index (χ3n) is 3.30. The zero-order chi connectivity index (χ0) is 15.1. The summed E-state index contributed by atoms with van der Waals surface area (Å²) in [5, 5.41) is 10.0. The Bertz CT molecular complexity index is 380. The minimum absolute atomic E-state index is 0.102. The molecule has 0 saturated heterocycles. The normalized spacial score (nSPS) is 12.7. The van der Waals surface area contributed by atoms with Gasteiger partial charge in [0, 0.05) is 6.61 Å². The van der Waals surface area contributed by atoms with Crippen LogP contribution in [-0.2, 0) is 8.85 Å². The highest BCUT2D eigenvalue weighted by atomic mass is 28.4. The smallest absolute Gasteiger partial charge is 0.205 e. The Morgan fingerprint density at radius 1 is 1.00 bits per heavy atom. The van der Waals surface area contributed by atoms with E-state index in [1.807, 2.05) is 0 Å². The van der Waals surface area contributed by atoms with E-state index < -0.39 is 16.6 Å². The van der Waals surface area contributed by atoms with Crippen LogP contribution in [0, 0.1) is 0 Å². The van der Waals surface area contributed by atoms with E-state index in [2.05, 4.69) is 56.5 Å². The minimum Gasteiger partial charge on any atom is -0.452 e. The molecule has 0 bridgehead atoms. The molecule has 3 nitrogen and oxygen atoms in total. The van der Waals surface area contributed by atoms with Crippen LogP contribution in [0.15, 0.2) is 30.3 Å². The van der Waals surface area contributed by atoms with E-state index in [9.17, 15) is 0 Å². The highest BCUT2D eigenvalue weighted by Crippen LogP contribution is 2.20. The second kappa shape index (κ2) is 8.09. The summed E-state index contributed by atoms with van der Waals surface area (Å²) in [4.78, 5) is 0. The lowest BCUT2D eigenvalue weighted by Gasteiger charge is -2.34. The maximum atomic E-state index is 8.67. The summed E-state index contributed by atoms with van der Waals surface area (Å²) in [7, 11) is -3.47. The fourth-order valence-electron chi connectivity index (χ4n) is 2.41. The average molecular weight is 313 g/mol. The predicted molar refractivity (Wildman–Crippen MR) is 89.5 cm³/mol. The molecule has 0 aliphatic heterocycles. The molecule has 0 radical (unpaired) electrons. The van der Waals surface area contributed by atoms with E-state index in [0.29, 0.717) is 13.2 Å². The maximum absolute atomic E-state index is 8.67. The molecule has 0 aliphatic rings. The van der Waals surface area contributed by atoms with Crippen molar-refractivity contribution in [1.82, 2.24) is 0 Å². The molecule has 0 fully saturated rings. The SMILES string of the molecule is C[Si](C)(CCCOCCO)O[Si](C)(C)c1ccccc1. The quantitative estimate of drug-likeness (QED) is 0.563. The summed E-state index contributed by atoms with van der Waals surface area (Å²) in [6, 6.07) is 11.7. The Morgan fingerprint density at radius 3 is 2.25 bits per heavy atom. The molecule has 0 amide bonds. The zero-order valence-corrected chi connectivity index (χ0v) is 15.2. The molecule has 1 N–H and O–H groups in total. The van der Waals surface area contributed by atoms with Crippen molar-refractivity contribution >= 4 is 21.8 Å². The van der Waals surface area contributed by atoms with Gasteiger partial charge < -0.3 is 14.0 Å². The number of aliphatic hydroxyl groups is 1. The Labute approximate surface area is 125 Å². The van der Waals surface area contributed by atoms with E-state index in [-0.39, 0.29) is 6.61 Å². The monoisotopic (exact) mass is 312 g/mol. The van der Waals surface area contributed by atoms with Crippen LogP contribution in [0.4, 0.5) is 0 Å². The van der Waals surface area contributed by atoms with Crippen LogP contribution in [0.1, 0.15) is 6.42 Å². The molecule has 0 spiro atoms. The van der Waals surface area contributed by atoms with E-state index in [4.69, 9.17) is 14.0 Å². The van der Waals surface area contributed by atoms with Crippen LogP contribution >= 0.6 is 0 Å². The number of benzene rings is 1. The van der Waals surface area contributed by atoms with Crippen molar-refractivity contribution in [3.8, 4) is 0 Å². The fourth-order valence-corrected chi connectivity index (χ4v) is 10.8. The van der Waals surface area contributed by atoms with Crippen LogP contribution < -0.4 is 5.19 Å². The Kier molecular flexibility index (Phi) is 7.12. The number of hydrogen-bond acceptors (Lipinski definition) is 3. The summed E-state index contributed by atoms with van der Waals surface area (Å²) in [5.41, 5.74) is 0. The van der Waals surface area contributed by atoms with Crippen molar-refractivity contribution < 1.29 is 14.0 Å². The molecule has 0 atom stereocenters.